The van der Waals surface area contributed by atoms with Gasteiger partial charge in [0.15, 0.2) is 0 Å². The third kappa shape index (κ3) is 3.35. The smallest absolute Gasteiger partial charge is 0.252 e. The Morgan fingerprint density at radius 1 is 1.15 bits per heavy atom. The summed E-state index contributed by atoms with van der Waals surface area (Å²) in [7, 11) is 2.01. The minimum Gasteiger partial charge on any atom is -0.379 e. The van der Waals surface area contributed by atoms with E-state index in [1.54, 1.807) is 10.7 Å². The topological polar surface area (TPSA) is 97.3 Å². The van der Waals surface area contributed by atoms with Gasteiger partial charge in [0, 0.05) is 45.9 Å². The fourth-order valence-electron chi connectivity index (χ4n) is 5.16. The Bertz CT molecular complexity index is 1370. The standard InChI is InChI=1S/C26H30N6O/c1-25(2)22(9-10-26(25,3)28-4)31-23-19(24(27)33)14-30-32-15-18(12-21(23)32)17-11-16-7-5-6-8-20(16)29-13-17/h5-8,11-15,22,28,31H,9-10H2,1-4H3,(H2,27,33)/t22-,26?/m1/s1. The van der Waals surface area contributed by atoms with Crippen molar-refractivity contribution in [2.45, 2.75) is 45.2 Å². The van der Waals surface area contributed by atoms with Crippen molar-refractivity contribution < 1.29 is 4.79 Å². The molecule has 5 rings (SSSR count). The van der Waals surface area contributed by atoms with Crippen molar-refractivity contribution in [1.29, 1.82) is 0 Å². The highest BCUT2D eigenvalue weighted by atomic mass is 16.1. The Morgan fingerprint density at radius 3 is 2.67 bits per heavy atom. The minimum absolute atomic E-state index is 0.00914. The number of benzene rings is 1. The molecule has 0 aliphatic heterocycles. The lowest BCUT2D eigenvalue weighted by Gasteiger charge is -2.42. The maximum Gasteiger partial charge on any atom is 0.252 e. The average Bonchev–Trinajstić information content (AvgIpc) is 3.34. The van der Waals surface area contributed by atoms with Crippen molar-refractivity contribution in [3.63, 3.8) is 0 Å². The van der Waals surface area contributed by atoms with Crippen LogP contribution in [0.4, 0.5) is 5.69 Å². The van der Waals surface area contributed by atoms with E-state index in [4.69, 9.17) is 5.73 Å². The first kappa shape index (κ1) is 21.4. The molecule has 1 fully saturated rings. The molecule has 1 aromatic carbocycles. The van der Waals surface area contributed by atoms with E-state index in [2.05, 4.69) is 53.6 Å². The Labute approximate surface area is 193 Å². The molecular formula is C26H30N6O. The number of primary amides is 1. The summed E-state index contributed by atoms with van der Waals surface area (Å²) >= 11 is 0. The van der Waals surface area contributed by atoms with Crippen LogP contribution >= 0.6 is 0 Å². The number of hydrogen-bond donors (Lipinski definition) is 3. The number of hydrogen-bond acceptors (Lipinski definition) is 5. The Morgan fingerprint density at radius 2 is 1.94 bits per heavy atom. The second kappa shape index (κ2) is 7.56. The number of amides is 1. The van der Waals surface area contributed by atoms with E-state index < -0.39 is 5.91 Å². The number of para-hydroxylation sites is 1. The molecule has 7 heteroatoms. The third-order valence-electron chi connectivity index (χ3n) is 7.92. The molecule has 2 atom stereocenters. The number of nitrogens with two attached hydrogens (primary N) is 1. The number of nitrogens with zero attached hydrogens (tertiary/aromatic N) is 3. The Kier molecular flexibility index (Phi) is 4.90. The molecule has 3 aromatic heterocycles. The maximum absolute atomic E-state index is 12.3. The van der Waals surface area contributed by atoms with Crippen molar-refractivity contribution >= 4 is 28.0 Å². The van der Waals surface area contributed by atoms with E-state index in [0.717, 1.165) is 46.1 Å². The van der Waals surface area contributed by atoms with Crippen LogP contribution in [-0.2, 0) is 0 Å². The van der Waals surface area contributed by atoms with Crippen LogP contribution in [0.1, 0.15) is 44.0 Å². The van der Waals surface area contributed by atoms with Gasteiger partial charge in [0.1, 0.15) is 0 Å². The molecule has 4 N–H and O–H groups in total. The molecule has 1 unspecified atom stereocenters. The highest BCUT2D eigenvalue weighted by Crippen LogP contribution is 2.47. The third-order valence-corrected chi connectivity index (χ3v) is 7.92. The number of carbonyl (C=O) groups excluding carboxylic acids is 1. The predicted octanol–water partition coefficient (Wildman–Crippen LogP) is 4.23. The average molecular weight is 443 g/mol. The number of rotatable bonds is 5. The molecule has 1 aliphatic carbocycles. The SMILES string of the molecule is CNC1(C)CC[C@@H](Nc2c(C(N)=O)cnn3cc(-c4cnc5ccccc5c4)cc23)C1(C)C. The lowest BCUT2D eigenvalue weighted by Crippen LogP contribution is -2.53. The summed E-state index contributed by atoms with van der Waals surface area (Å²) in [6, 6.07) is 12.4. The number of pyridine rings is 1. The largest absolute Gasteiger partial charge is 0.379 e. The minimum atomic E-state index is -0.491. The summed E-state index contributed by atoms with van der Waals surface area (Å²) in [4.78, 5) is 16.9. The highest BCUT2D eigenvalue weighted by Gasteiger charge is 2.51. The summed E-state index contributed by atoms with van der Waals surface area (Å²) in [6.45, 7) is 6.79. The van der Waals surface area contributed by atoms with Gasteiger partial charge in [-0.25, -0.2) is 4.52 Å². The number of carbonyl (C=O) groups is 1. The Hall–Kier alpha value is -3.45. The zero-order chi connectivity index (χ0) is 23.4. The molecule has 3 heterocycles. The number of aromatic nitrogens is 3. The first-order valence-electron chi connectivity index (χ1n) is 11.4. The molecule has 1 amide bonds. The second-order valence-electron chi connectivity index (χ2n) is 9.81. The number of nitrogens with one attached hydrogen (secondary N) is 2. The van der Waals surface area contributed by atoms with Gasteiger partial charge in [-0.1, -0.05) is 32.0 Å². The van der Waals surface area contributed by atoms with Gasteiger partial charge in [-0.3, -0.25) is 9.78 Å². The molecule has 4 aromatic rings. The van der Waals surface area contributed by atoms with Crippen LogP contribution < -0.4 is 16.4 Å². The normalized spacial score (nSPS) is 22.1. The van der Waals surface area contributed by atoms with E-state index in [-0.39, 0.29) is 17.0 Å². The van der Waals surface area contributed by atoms with Crippen molar-refractivity contribution in [3.8, 4) is 11.1 Å². The quantitative estimate of drug-likeness (QED) is 0.430. The lowest BCUT2D eigenvalue weighted by atomic mass is 9.74. The summed E-state index contributed by atoms with van der Waals surface area (Å²) in [6.07, 6.45) is 7.42. The molecular weight excluding hydrogens is 412 g/mol. The molecule has 0 radical (unpaired) electrons. The first-order valence-corrected chi connectivity index (χ1v) is 11.4. The monoisotopic (exact) mass is 442 g/mol. The summed E-state index contributed by atoms with van der Waals surface area (Å²) in [5.74, 6) is -0.491. The molecule has 33 heavy (non-hydrogen) atoms. The van der Waals surface area contributed by atoms with Crippen LogP contribution in [0, 0.1) is 5.41 Å². The van der Waals surface area contributed by atoms with Gasteiger partial charge in [-0.05, 0) is 45.0 Å². The van der Waals surface area contributed by atoms with Gasteiger partial charge in [-0.15, -0.1) is 0 Å². The molecule has 7 nitrogen and oxygen atoms in total. The summed E-state index contributed by atoms with van der Waals surface area (Å²) in [5, 5.41) is 12.7. The fourth-order valence-corrected chi connectivity index (χ4v) is 5.16. The molecule has 0 spiro atoms. The zero-order valence-electron chi connectivity index (χ0n) is 19.5. The van der Waals surface area contributed by atoms with E-state index in [9.17, 15) is 4.79 Å². The fraction of sp³-hybridized carbons (Fsp3) is 0.346. The van der Waals surface area contributed by atoms with E-state index in [0.29, 0.717) is 5.56 Å². The predicted molar refractivity (Wildman–Crippen MR) is 132 cm³/mol. The second-order valence-corrected chi connectivity index (χ2v) is 9.81. The molecule has 0 bridgehead atoms. The zero-order valence-corrected chi connectivity index (χ0v) is 19.5. The van der Waals surface area contributed by atoms with Crippen molar-refractivity contribution in [1.82, 2.24) is 19.9 Å². The van der Waals surface area contributed by atoms with Gasteiger partial charge in [0.05, 0.1) is 28.5 Å². The van der Waals surface area contributed by atoms with E-state index in [1.807, 2.05) is 43.7 Å². The van der Waals surface area contributed by atoms with Gasteiger partial charge >= 0.3 is 0 Å². The van der Waals surface area contributed by atoms with Crippen LogP contribution in [0.25, 0.3) is 27.5 Å². The van der Waals surface area contributed by atoms with Crippen LogP contribution in [-0.4, -0.2) is 39.1 Å². The van der Waals surface area contributed by atoms with Crippen LogP contribution in [0.3, 0.4) is 0 Å². The van der Waals surface area contributed by atoms with Crippen LogP contribution in [0.15, 0.2) is 55.0 Å². The van der Waals surface area contributed by atoms with Crippen LogP contribution in [0.2, 0.25) is 0 Å². The van der Waals surface area contributed by atoms with Gasteiger partial charge < -0.3 is 16.4 Å². The van der Waals surface area contributed by atoms with Crippen molar-refractivity contribution in [3.05, 3.63) is 60.6 Å². The van der Waals surface area contributed by atoms with Crippen molar-refractivity contribution in [2.24, 2.45) is 11.1 Å². The van der Waals surface area contributed by atoms with Gasteiger partial charge in [0.25, 0.3) is 5.91 Å². The summed E-state index contributed by atoms with van der Waals surface area (Å²) in [5.41, 5.74) is 10.6. The molecule has 170 valence electrons. The Balaban J connectivity index is 1.61. The maximum atomic E-state index is 12.3. The van der Waals surface area contributed by atoms with Crippen LogP contribution in [0.5, 0.6) is 0 Å². The molecule has 1 saturated carbocycles. The highest BCUT2D eigenvalue weighted by molar-refractivity contribution is 6.02. The molecule has 1 aliphatic rings. The van der Waals surface area contributed by atoms with Crippen molar-refractivity contribution in [2.75, 3.05) is 12.4 Å². The van der Waals surface area contributed by atoms with E-state index in [1.165, 1.54) is 0 Å². The van der Waals surface area contributed by atoms with Gasteiger partial charge in [0.2, 0.25) is 0 Å². The molecule has 0 saturated heterocycles. The van der Waals surface area contributed by atoms with Gasteiger partial charge in [-0.2, -0.15) is 5.10 Å². The number of fused-ring (bicyclic) bond motifs is 2. The number of anilines is 1. The lowest BCUT2D eigenvalue weighted by molar-refractivity contribution is 0.100. The first-order chi connectivity index (χ1) is 15.7. The summed E-state index contributed by atoms with van der Waals surface area (Å²) < 4.78 is 1.80. The van der Waals surface area contributed by atoms with E-state index >= 15 is 0 Å².